The normalized spacial score (nSPS) is 12.6. The van der Waals surface area contributed by atoms with E-state index in [0.717, 1.165) is 23.6 Å². The first kappa shape index (κ1) is 11.9. The molecule has 0 fully saturated rings. The predicted molar refractivity (Wildman–Crippen MR) is 60.8 cm³/mol. The second-order valence-electron chi connectivity index (χ2n) is 3.81. The molecule has 0 spiro atoms. The quantitative estimate of drug-likeness (QED) is 0.816. The van der Waals surface area contributed by atoms with Crippen LogP contribution in [0.2, 0.25) is 0 Å². The molecule has 1 aromatic heterocycles. The van der Waals surface area contributed by atoms with Gasteiger partial charge >= 0.3 is 0 Å². The standard InChI is InChI=1S/C11H19N3O/c1-5-8(2)14(4)11-12-6-10(7-15)9(3)13-11/h6,8,15H,5,7H2,1-4H3. The van der Waals surface area contributed by atoms with E-state index in [4.69, 9.17) is 5.11 Å². The van der Waals surface area contributed by atoms with E-state index in [-0.39, 0.29) is 6.61 Å². The maximum absolute atomic E-state index is 9.01. The van der Waals surface area contributed by atoms with Crippen LogP contribution in [0.3, 0.4) is 0 Å². The first-order valence-electron chi connectivity index (χ1n) is 5.26. The number of aromatic nitrogens is 2. The summed E-state index contributed by atoms with van der Waals surface area (Å²) in [6.07, 6.45) is 2.75. The molecule has 0 aliphatic rings. The first-order chi connectivity index (χ1) is 7.10. The zero-order valence-electron chi connectivity index (χ0n) is 9.86. The van der Waals surface area contributed by atoms with Crippen LogP contribution in [0.15, 0.2) is 6.20 Å². The molecule has 0 bridgehead atoms. The van der Waals surface area contributed by atoms with Crippen molar-refractivity contribution in [2.75, 3.05) is 11.9 Å². The summed E-state index contributed by atoms with van der Waals surface area (Å²) < 4.78 is 0. The lowest BCUT2D eigenvalue weighted by molar-refractivity contribution is 0.280. The van der Waals surface area contributed by atoms with Crippen LogP contribution in [0, 0.1) is 6.92 Å². The molecule has 0 amide bonds. The van der Waals surface area contributed by atoms with Gasteiger partial charge in [0.05, 0.1) is 6.61 Å². The lowest BCUT2D eigenvalue weighted by Crippen LogP contribution is -2.29. The Bertz CT molecular complexity index is 328. The van der Waals surface area contributed by atoms with Crippen LogP contribution in [-0.4, -0.2) is 28.2 Å². The summed E-state index contributed by atoms with van der Waals surface area (Å²) in [4.78, 5) is 10.7. The summed E-state index contributed by atoms with van der Waals surface area (Å²) in [6, 6.07) is 0.421. The largest absolute Gasteiger partial charge is 0.392 e. The van der Waals surface area contributed by atoms with Crippen LogP contribution < -0.4 is 4.90 Å². The van der Waals surface area contributed by atoms with Crippen molar-refractivity contribution in [3.8, 4) is 0 Å². The third kappa shape index (κ3) is 2.65. The van der Waals surface area contributed by atoms with Gasteiger partial charge in [0.1, 0.15) is 0 Å². The number of hydrogen-bond acceptors (Lipinski definition) is 4. The topological polar surface area (TPSA) is 49.2 Å². The molecule has 0 saturated heterocycles. The van der Waals surface area contributed by atoms with Crippen LogP contribution in [0.5, 0.6) is 0 Å². The SMILES string of the molecule is CCC(C)N(C)c1ncc(CO)c(C)n1. The van der Waals surface area contributed by atoms with E-state index in [0.29, 0.717) is 6.04 Å². The minimum Gasteiger partial charge on any atom is -0.392 e. The highest BCUT2D eigenvalue weighted by Crippen LogP contribution is 2.13. The minimum absolute atomic E-state index is 0.000834. The van der Waals surface area contributed by atoms with Crippen molar-refractivity contribution in [1.29, 1.82) is 0 Å². The Balaban J connectivity index is 2.92. The van der Waals surface area contributed by atoms with Gasteiger partial charge in [-0.25, -0.2) is 9.97 Å². The van der Waals surface area contributed by atoms with Crippen LogP contribution in [0.1, 0.15) is 31.5 Å². The van der Waals surface area contributed by atoms with Gasteiger partial charge in [-0.05, 0) is 20.3 Å². The molecule has 1 aromatic rings. The van der Waals surface area contributed by atoms with Gasteiger partial charge in [-0.15, -0.1) is 0 Å². The minimum atomic E-state index is -0.000834. The van der Waals surface area contributed by atoms with Crippen molar-refractivity contribution < 1.29 is 5.11 Å². The Morgan fingerprint density at radius 3 is 2.67 bits per heavy atom. The van der Waals surface area contributed by atoms with Gasteiger partial charge in [0.25, 0.3) is 0 Å². The fourth-order valence-corrected chi connectivity index (χ4v) is 1.28. The molecule has 4 nitrogen and oxygen atoms in total. The van der Waals surface area contributed by atoms with Gasteiger partial charge in [0.2, 0.25) is 5.95 Å². The predicted octanol–water partition coefficient (Wildman–Crippen LogP) is 1.51. The van der Waals surface area contributed by atoms with Crippen molar-refractivity contribution in [3.63, 3.8) is 0 Å². The molecular weight excluding hydrogens is 190 g/mol. The lowest BCUT2D eigenvalue weighted by Gasteiger charge is -2.24. The number of nitrogens with zero attached hydrogens (tertiary/aromatic N) is 3. The summed E-state index contributed by atoms with van der Waals surface area (Å²) in [7, 11) is 1.99. The molecule has 0 aliphatic carbocycles. The number of aliphatic hydroxyl groups is 1. The highest BCUT2D eigenvalue weighted by molar-refractivity contribution is 5.32. The molecule has 4 heteroatoms. The van der Waals surface area contributed by atoms with E-state index in [1.165, 1.54) is 0 Å². The molecule has 15 heavy (non-hydrogen) atoms. The molecule has 0 aromatic carbocycles. The lowest BCUT2D eigenvalue weighted by atomic mass is 10.2. The molecule has 1 atom stereocenters. The van der Waals surface area contributed by atoms with E-state index < -0.39 is 0 Å². The fourth-order valence-electron chi connectivity index (χ4n) is 1.28. The summed E-state index contributed by atoms with van der Waals surface area (Å²) in [6.45, 7) is 6.16. The van der Waals surface area contributed by atoms with Crippen LogP contribution >= 0.6 is 0 Å². The van der Waals surface area contributed by atoms with Gasteiger partial charge in [0.15, 0.2) is 0 Å². The maximum atomic E-state index is 9.01. The molecule has 84 valence electrons. The first-order valence-corrected chi connectivity index (χ1v) is 5.26. The third-order valence-corrected chi connectivity index (χ3v) is 2.81. The summed E-state index contributed by atoms with van der Waals surface area (Å²) in [5.41, 5.74) is 1.63. The highest BCUT2D eigenvalue weighted by Gasteiger charge is 2.11. The average molecular weight is 209 g/mol. The van der Waals surface area contributed by atoms with Gasteiger partial charge < -0.3 is 10.0 Å². The number of anilines is 1. The summed E-state index contributed by atoms with van der Waals surface area (Å²) >= 11 is 0. The number of aliphatic hydroxyl groups excluding tert-OH is 1. The Hall–Kier alpha value is -1.16. The molecule has 1 N–H and O–H groups in total. The molecule has 1 unspecified atom stereocenters. The molecular formula is C11H19N3O. The Labute approximate surface area is 91.0 Å². The maximum Gasteiger partial charge on any atom is 0.225 e. The van der Waals surface area contributed by atoms with E-state index in [1.807, 2.05) is 18.9 Å². The fraction of sp³-hybridized carbons (Fsp3) is 0.636. The Kier molecular flexibility index (Phi) is 4.03. The van der Waals surface area contributed by atoms with Gasteiger partial charge in [-0.2, -0.15) is 0 Å². The van der Waals surface area contributed by atoms with E-state index in [9.17, 15) is 0 Å². The summed E-state index contributed by atoms with van der Waals surface area (Å²) in [5, 5.41) is 9.01. The Morgan fingerprint density at radius 1 is 1.53 bits per heavy atom. The number of rotatable bonds is 4. The summed E-state index contributed by atoms with van der Waals surface area (Å²) in [5.74, 6) is 0.721. The second kappa shape index (κ2) is 5.07. The van der Waals surface area contributed by atoms with Crippen molar-refractivity contribution in [3.05, 3.63) is 17.5 Å². The van der Waals surface area contributed by atoms with E-state index in [2.05, 4.69) is 23.8 Å². The van der Waals surface area contributed by atoms with Crippen LogP contribution in [0.25, 0.3) is 0 Å². The molecule has 0 aliphatic heterocycles. The van der Waals surface area contributed by atoms with Crippen molar-refractivity contribution in [1.82, 2.24) is 9.97 Å². The van der Waals surface area contributed by atoms with E-state index >= 15 is 0 Å². The number of aryl methyl sites for hydroxylation is 1. The molecule has 1 rings (SSSR count). The zero-order chi connectivity index (χ0) is 11.4. The van der Waals surface area contributed by atoms with Crippen molar-refractivity contribution in [2.45, 2.75) is 39.8 Å². The number of hydrogen-bond donors (Lipinski definition) is 1. The van der Waals surface area contributed by atoms with E-state index in [1.54, 1.807) is 6.20 Å². The van der Waals surface area contributed by atoms with Crippen molar-refractivity contribution in [2.24, 2.45) is 0 Å². The smallest absolute Gasteiger partial charge is 0.225 e. The molecule has 0 saturated carbocycles. The molecule has 1 heterocycles. The zero-order valence-corrected chi connectivity index (χ0v) is 9.86. The monoisotopic (exact) mass is 209 g/mol. The highest BCUT2D eigenvalue weighted by atomic mass is 16.3. The van der Waals surface area contributed by atoms with Crippen LogP contribution in [-0.2, 0) is 6.61 Å². The third-order valence-electron chi connectivity index (χ3n) is 2.81. The molecule has 0 radical (unpaired) electrons. The van der Waals surface area contributed by atoms with Gasteiger partial charge in [-0.3, -0.25) is 0 Å². The average Bonchev–Trinajstić information content (AvgIpc) is 2.26. The van der Waals surface area contributed by atoms with Gasteiger partial charge in [-0.1, -0.05) is 6.92 Å². The second-order valence-corrected chi connectivity index (χ2v) is 3.81. The van der Waals surface area contributed by atoms with Crippen molar-refractivity contribution >= 4 is 5.95 Å². The van der Waals surface area contributed by atoms with Crippen LogP contribution in [0.4, 0.5) is 5.95 Å². The Morgan fingerprint density at radius 2 is 2.20 bits per heavy atom. The van der Waals surface area contributed by atoms with Gasteiger partial charge in [0, 0.05) is 30.5 Å².